The van der Waals surface area contributed by atoms with Crippen molar-refractivity contribution >= 4 is 5.91 Å². The van der Waals surface area contributed by atoms with E-state index in [1.165, 1.54) is 12.0 Å². The molecule has 0 aliphatic carbocycles. The van der Waals surface area contributed by atoms with Gasteiger partial charge in [-0.1, -0.05) is 42.5 Å². The fraction of sp³-hybridized carbons (Fsp3) is 0.350. The molecule has 1 aliphatic rings. The Bertz CT molecular complexity index is 655. The van der Waals surface area contributed by atoms with Gasteiger partial charge in [-0.2, -0.15) is 0 Å². The van der Waals surface area contributed by atoms with Crippen molar-refractivity contribution < 1.29 is 9.90 Å². The number of nitrogens with one attached hydrogen (secondary N) is 1. The lowest BCUT2D eigenvalue weighted by Crippen LogP contribution is -2.41. The van der Waals surface area contributed by atoms with Crippen molar-refractivity contribution in [2.24, 2.45) is 0 Å². The second-order valence-electron chi connectivity index (χ2n) is 6.43. The topological polar surface area (TPSA) is 52.6 Å². The van der Waals surface area contributed by atoms with E-state index in [4.69, 9.17) is 0 Å². The summed E-state index contributed by atoms with van der Waals surface area (Å²) in [6, 6.07) is 17.5. The standard InChI is InChI=1S/C20H24N2O2/c23-19-10-8-16(9-11-19)13-21-20(24)15-22-12-4-7-18(14-22)17-5-2-1-3-6-17/h1-3,5-6,8-11,18,23H,4,7,12-15H2,(H,21,24)/t18-/m0/s1. The Labute approximate surface area is 143 Å². The summed E-state index contributed by atoms with van der Waals surface area (Å²) >= 11 is 0. The van der Waals surface area contributed by atoms with Gasteiger partial charge in [0, 0.05) is 13.1 Å². The minimum absolute atomic E-state index is 0.0526. The zero-order chi connectivity index (χ0) is 16.8. The van der Waals surface area contributed by atoms with Crippen LogP contribution in [0.3, 0.4) is 0 Å². The van der Waals surface area contributed by atoms with Gasteiger partial charge in [-0.25, -0.2) is 0 Å². The Morgan fingerprint density at radius 2 is 1.88 bits per heavy atom. The Morgan fingerprint density at radius 1 is 1.12 bits per heavy atom. The summed E-state index contributed by atoms with van der Waals surface area (Å²) in [5.74, 6) is 0.812. The summed E-state index contributed by atoms with van der Waals surface area (Å²) in [4.78, 5) is 14.4. The molecule has 1 fully saturated rings. The molecule has 1 amide bonds. The van der Waals surface area contributed by atoms with E-state index in [0.717, 1.165) is 25.1 Å². The van der Waals surface area contributed by atoms with E-state index >= 15 is 0 Å². The third-order valence-corrected chi connectivity index (χ3v) is 4.57. The number of phenolic OH excluding ortho intramolecular Hbond substituents is 1. The minimum Gasteiger partial charge on any atom is -0.508 e. The first-order valence-corrected chi connectivity index (χ1v) is 8.52. The van der Waals surface area contributed by atoms with Gasteiger partial charge in [0.2, 0.25) is 5.91 Å². The lowest BCUT2D eigenvalue weighted by atomic mass is 9.91. The number of nitrogens with zero attached hydrogens (tertiary/aromatic N) is 1. The summed E-state index contributed by atoms with van der Waals surface area (Å²) in [6.45, 7) is 2.86. The first-order valence-electron chi connectivity index (χ1n) is 8.52. The van der Waals surface area contributed by atoms with Gasteiger partial charge in [-0.05, 0) is 48.6 Å². The van der Waals surface area contributed by atoms with E-state index in [1.54, 1.807) is 12.1 Å². The van der Waals surface area contributed by atoms with Gasteiger partial charge in [-0.3, -0.25) is 9.69 Å². The Hall–Kier alpha value is -2.33. The van der Waals surface area contributed by atoms with Crippen LogP contribution >= 0.6 is 0 Å². The molecule has 0 radical (unpaired) electrons. The number of carbonyl (C=O) groups excluding carboxylic acids is 1. The van der Waals surface area contributed by atoms with Crippen LogP contribution in [0.25, 0.3) is 0 Å². The Kier molecular flexibility index (Phi) is 5.49. The number of carbonyl (C=O) groups is 1. The van der Waals surface area contributed by atoms with Crippen molar-refractivity contribution in [1.82, 2.24) is 10.2 Å². The van der Waals surface area contributed by atoms with Crippen LogP contribution < -0.4 is 5.32 Å². The van der Waals surface area contributed by atoms with E-state index in [9.17, 15) is 9.90 Å². The number of aromatic hydroxyl groups is 1. The molecule has 0 aromatic heterocycles. The molecule has 3 rings (SSSR count). The molecule has 1 aliphatic heterocycles. The van der Waals surface area contributed by atoms with Crippen molar-refractivity contribution in [2.45, 2.75) is 25.3 Å². The molecule has 126 valence electrons. The second-order valence-corrected chi connectivity index (χ2v) is 6.43. The van der Waals surface area contributed by atoms with E-state index in [2.05, 4.69) is 34.5 Å². The average Bonchev–Trinajstić information content (AvgIpc) is 2.62. The highest BCUT2D eigenvalue weighted by Gasteiger charge is 2.22. The van der Waals surface area contributed by atoms with E-state index in [-0.39, 0.29) is 11.7 Å². The summed E-state index contributed by atoms with van der Waals surface area (Å²) < 4.78 is 0. The normalized spacial score (nSPS) is 18.2. The smallest absolute Gasteiger partial charge is 0.234 e. The fourth-order valence-electron chi connectivity index (χ4n) is 3.27. The minimum atomic E-state index is 0.0526. The zero-order valence-corrected chi connectivity index (χ0v) is 13.8. The Balaban J connectivity index is 1.48. The van der Waals surface area contributed by atoms with Crippen LogP contribution in [-0.2, 0) is 11.3 Å². The maximum Gasteiger partial charge on any atom is 0.234 e. The Morgan fingerprint density at radius 3 is 2.62 bits per heavy atom. The highest BCUT2D eigenvalue weighted by atomic mass is 16.3. The monoisotopic (exact) mass is 324 g/mol. The average molecular weight is 324 g/mol. The van der Waals surface area contributed by atoms with Crippen molar-refractivity contribution in [3.8, 4) is 5.75 Å². The SMILES string of the molecule is O=C(CN1CCC[C@H](c2ccccc2)C1)NCc1ccc(O)cc1. The van der Waals surface area contributed by atoms with Crippen molar-refractivity contribution in [1.29, 1.82) is 0 Å². The fourth-order valence-corrected chi connectivity index (χ4v) is 3.27. The number of likely N-dealkylation sites (tertiary alicyclic amines) is 1. The molecule has 2 aromatic rings. The molecule has 0 spiro atoms. The summed E-state index contributed by atoms with van der Waals surface area (Å²) in [5.41, 5.74) is 2.36. The van der Waals surface area contributed by atoms with Gasteiger partial charge in [0.1, 0.15) is 5.75 Å². The van der Waals surface area contributed by atoms with Gasteiger partial charge in [0.05, 0.1) is 6.54 Å². The molecule has 0 unspecified atom stereocenters. The van der Waals surface area contributed by atoms with Gasteiger partial charge < -0.3 is 10.4 Å². The lowest BCUT2D eigenvalue weighted by Gasteiger charge is -2.32. The number of piperidine rings is 1. The van der Waals surface area contributed by atoms with E-state index in [0.29, 0.717) is 19.0 Å². The number of rotatable bonds is 5. The molecular weight excluding hydrogens is 300 g/mol. The second kappa shape index (κ2) is 7.97. The third-order valence-electron chi connectivity index (χ3n) is 4.57. The number of benzene rings is 2. The predicted molar refractivity (Wildman–Crippen MR) is 94.8 cm³/mol. The van der Waals surface area contributed by atoms with Gasteiger partial charge >= 0.3 is 0 Å². The van der Waals surface area contributed by atoms with E-state index < -0.39 is 0 Å². The maximum atomic E-state index is 12.2. The van der Waals surface area contributed by atoms with Crippen LogP contribution in [0.15, 0.2) is 54.6 Å². The van der Waals surface area contributed by atoms with Crippen LogP contribution in [0, 0.1) is 0 Å². The van der Waals surface area contributed by atoms with Crippen LogP contribution in [0.2, 0.25) is 0 Å². The molecule has 2 aromatic carbocycles. The highest BCUT2D eigenvalue weighted by molar-refractivity contribution is 5.78. The third kappa shape index (κ3) is 4.59. The first kappa shape index (κ1) is 16.5. The molecule has 1 heterocycles. The van der Waals surface area contributed by atoms with Gasteiger partial charge in [0.25, 0.3) is 0 Å². The number of phenols is 1. The summed E-state index contributed by atoms with van der Waals surface area (Å²) in [5, 5.41) is 12.2. The molecule has 4 heteroatoms. The van der Waals surface area contributed by atoms with Crippen molar-refractivity contribution in [3.05, 3.63) is 65.7 Å². The summed E-state index contributed by atoms with van der Waals surface area (Å²) in [6.07, 6.45) is 2.32. The molecule has 0 saturated carbocycles. The van der Waals surface area contributed by atoms with E-state index in [1.807, 2.05) is 18.2 Å². The first-order chi connectivity index (χ1) is 11.7. The molecular formula is C20H24N2O2. The largest absolute Gasteiger partial charge is 0.508 e. The van der Waals surface area contributed by atoms with Crippen LogP contribution in [0.4, 0.5) is 0 Å². The van der Waals surface area contributed by atoms with Crippen LogP contribution in [0.1, 0.15) is 29.9 Å². The van der Waals surface area contributed by atoms with Crippen LogP contribution in [0.5, 0.6) is 5.75 Å². The predicted octanol–water partition coefficient (Wildman–Crippen LogP) is 2.89. The van der Waals surface area contributed by atoms with Crippen molar-refractivity contribution in [3.63, 3.8) is 0 Å². The molecule has 1 atom stereocenters. The quantitative estimate of drug-likeness (QED) is 0.889. The lowest BCUT2D eigenvalue weighted by molar-refractivity contribution is -0.122. The molecule has 0 bridgehead atoms. The molecule has 24 heavy (non-hydrogen) atoms. The maximum absolute atomic E-state index is 12.2. The van der Waals surface area contributed by atoms with Crippen molar-refractivity contribution in [2.75, 3.05) is 19.6 Å². The highest BCUT2D eigenvalue weighted by Crippen LogP contribution is 2.26. The van der Waals surface area contributed by atoms with Gasteiger partial charge in [0.15, 0.2) is 0 Å². The zero-order valence-electron chi connectivity index (χ0n) is 13.8. The molecule has 4 nitrogen and oxygen atoms in total. The molecule has 1 saturated heterocycles. The van der Waals surface area contributed by atoms with Crippen LogP contribution in [-0.4, -0.2) is 35.5 Å². The summed E-state index contributed by atoms with van der Waals surface area (Å²) in [7, 11) is 0. The number of hydrogen-bond acceptors (Lipinski definition) is 3. The molecule has 2 N–H and O–H groups in total. The number of hydrogen-bond donors (Lipinski definition) is 2. The number of amides is 1. The van der Waals surface area contributed by atoms with Gasteiger partial charge in [-0.15, -0.1) is 0 Å².